The average molecular weight is 464 g/mol. The normalized spacial score (nSPS) is 29.9. The molecule has 0 spiro atoms. The van der Waals surface area contributed by atoms with Crippen LogP contribution in [0.15, 0.2) is 23.8 Å². The summed E-state index contributed by atoms with van der Waals surface area (Å²) in [7, 11) is 0. The maximum absolute atomic E-state index is 12.3. The second-order valence-electron chi connectivity index (χ2n) is 10.4. The quantitative estimate of drug-likeness (QED) is 0.308. The molecule has 0 bridgehead atoms. The summed E-state index contributed by atoms with van der Waals surface area (Å²) < 4.78 is 0. The number of fused-ring (bicyclic) bond motifs is 1. The van der Waals surface area contributed by atoms with Crippen molar-refractivity contribution in [2.24, 2.45) is 23.7 Å². The van der Waals surface area contributed by atoms with E-state index >= 15 is 0 Å². The van der Waals surface area contributed by atoms with Crippen molar-refractivity contribution in [2.45, 2.75) is 90.3 Å². The Hall–Kier alpha value is -0.780. The summed E-state index contributed by atoms with van der Waals surface area (Å²) in [5, 5.41) is 21.0. The van der Waals surface area contributed by atoms with Gasteiger partial charge in [0.1, 0.15) is 0 Å². The zero-order valence-electron chi connectivity index (χ0n) is 20.3. The van der Waals surface area contributed by atoms with E-state index in [1.54, 1.807) is 0 Å². The first-order chi connectivity index (χ1) is 15.5. The van der Waals surface area contributed by atoms with Gasteiger partial charge in [-0.25, -0.2) is 0 Å². The van der Waals surface area contributed by atoms with Crippen LogP contribution in [0.5, 0.6) is 0 Å². The highest BCUT2D eigenvalue weighted by Gasteiger charge is 2.43. The Balaban J connectivity index is 1.38. The molecule has 0 unspecified atom stereocenters. The SMILES string of the molecule is CCCC[C@H](C)C[C@H](O)/C=C/[C@@H]1[C@H]2CC(CSCCC(=O)N3CCCCC3)=C[C@H]2C[C@H]1O. The zero-order chi connectivity index (χ0) is 22.9. The lowest BCUT2D eigenvalue weighted by atomic mass is 9.88. The van der Waals surface area contributed by atoms with Crippen LogP contribution < -0.4 is 0 Å². The number of unbranched alkanes of at least 4 members (excludes halogenated alkanes) is 1. The Kier molecular flexibility index (Phi) is 10.7. The molecule has 32 heavy (non-hydrogen) atoms. The van der Waals surface area contributed by atoms with E-state index in [9.17, 15) is 15.0 Å². The van der Waals surface area contributed by atoms with E-state index in [1.165, 1.54) is 31.3 Å². The Bertz CT molecular complexity index is 643. The first-order valence-corrected chi connectivity index (χ1v) is 14.2. The fourth-order valence-electron chi connectivity index (χ4n) is 5.79. The minimum Gasteiger partial charge on any atom is -0.392 e. The number of rotatable bonds is 12. The van der Waals surface area contributed by atoms with Gasteiger partial charge >= 0.3 is 0 Å². The molecule has 1 amide bonds. The van der Waals surface area contributed by atoms with Gasteiger partial charge in [-0.3, -0.25) is 4.79 Å². The molecule has 2 N–H and O–H groups in total. The van der Waals surface area contributed by atoms with Gasteiger partial charge in [0.15, 0.2) is 0 Å². The van der Waals surface area contributed by atoms with Crippen LogP contribution in [-0.4, -0.2) is 57.8 Å². The van der Waals surface area contributed by atoms with E-state index in [0.717, 1.165) is 56.7 Å². The van der Waals surface area contributed by atoms with E-state index in [1.807, 2.05) is 22.7 Å². The van der Waals surface area contributed by atoms with Gasteiger partial charge < -0.3 is 15.1 Å². The van der Waals surface area contributed by atoms with Crippen molar-refractivity contribution in [1.29, 1.82) is 0 Å². The molecule has 5 heteroatoms. The number of aliphatic hydroxyl groups is 2. The summed E-state index contributed by atoms with van der Waals surface area (Å²) in [6, 6.07) is 0. The van der Waals surface area contributed by atoms with Crippen molar-refractivity contribution in [3.05, 3.63) is 23.8 Å². The number of hydrogen-bond donors (Lipinski definition) is 2. The summed E-state index contributed by atoms with van der Waals surface area (Å²) in [4.78, 5) is 14.4. The minimum atomic E-state index is -0.407. The number of nitrogens with zero attached hydrogens (tertiary/aromatic N) is 1. The van der Waals surface area contributed by atoms with Gasteiger partial charge in [-0.2, -0.15) is 11.8 Å². The van der Waals surface area contributed by atoms with Crippen molar-refractivity contribution in [3.8, 4) is 0 Å². The molecular weight excluding hydrogens is 418 g/mol. The molecule has 3 aliphatic rings. The van der Waals surface area contributed by atoms with Crippen LogP contribution in [-0.2, 0) is 4.79 Å². The van der Waals surface area contributed by atoms with Gasteiger partial charge in [-0.15, -0.1) is 0 Å². The monoisotopic (exact) mass is 463 g/mol. The van der Waals surface area contributed by atoms with Crippen molar-refractivity contribution < 1.29 is 15.0 Å². The van der Waals surface area contributed by atoms with Gasteiger partial charge in [0.2, 0.25) is 5.91 Å². The molecule has 0 aromatic heterocycles. The molecule has 0 radical (unpaired) electrons. The Morgan fingerprint density at radius 2 is 2.09 bits per heavy atom. The predicted octanol–water partition coefficient (Wildman–Crippen LogP) is 5.20. The summed E-state index contributed by atoms with van der Waals surface area (Å²) in [5.74, 6) is 3.85. The van der Waals surface area contributed by atoms with Gasteiger partial charge in [-0.05, 0) is 56.3 Å². The van der Waals surface area contributed by atoms with Crippen molar-refractivity contribution in [2.75, 3.05) is 24.6 Å². The molecule has 2 aliphatic carbocycles. The molecule has 182 valence electrons. The number of allylic oxidation sites excluding steroid dienone is 1. The molecule has 6 atom stereocenters. The smallest absolute Gasteiger partial charge is 0.223 e. The fraction of sp³-hybridized carbons (Fsp3) is 0.815. The number of carbonyl (C=O) groups excluding carboxylic acids is 1. The molecule has 1 aliphatic heterocycles. The van der Waals surface area contributed by atoms with E-state index in [-0.39, 0.29) is 12.0 Å². The van der Waals surface area contributed by atoms with Crippen LogP contribution in [0.2, 0.25) is 0 Å². The first kappa shape index (κ1) is 25.8. The third kappa shape index (κ3) is 7.63. The number of likely N-dealkylation sites (tertiary alicyclic amines) is 1. The van der Waals surface area contributed by atoms with Gasteiger partial charge in [-0.1, -0.05) is 56.9 Å². The number of carbonyl (C=O) groups is 1. The number of hydrogen-bond acceptors (Lipinski definition) is 4. The molecule has 2 fully saturated rings. The van der Waals surface area contributed by atoms with Crippen molar-refractivity contribution in [3.63, 3.8) is 0 Å². The molecule has 4 nitrogen and oxygen atoms in total. The van der Waals surface area contributed by atoms with E-state index < -0.39 is 6.10 Å². The molecule has 3 rings (SSSR count). The maximum atomic E-state index is 12.3. The molecule has 1 saturated carbocycles. The van der Waals surface area contributed by atoms with E-state index in [2.05, 4.69) is 26.0 Å². The molecule has 1 saturated heterocycles. The second-order valence-corrected chi connectivity index (χ2v) is 11.5. The van der Waals surface area contributed by atoms with Crippen LogP contribution >= 0.6 is 11.8 Å². The number of amides is 1. The summed E-state index contributed by atoms with van der Waals surface area (Å²) in [6.07, 6.45) is 16.3. The molecule has 0 aromatic carbocycles. The number of piperidine rings is 1. The second kappa shape index (κ2) is 13.2. The number of thioether (sulfide) groups is 1. The molecule has 0 aromatic rings. The van der Waals surface area contributed by atoms with Crippen LogP contribution in [0.4, 0.5) is 0 Å². The largest absolute Gasteiger partial charge is 0.392 e. The summed E-state index contributed by atoms with van der Waals surface area (Å²) in [5.41, 5.74) is 1.48. The Morgan fingerprint density at radius 3 is 2.84 bits per heavy atom. The molecular formula is C27H45NO3S. The lowest BCUT2D eigenvalue weighted by molar-refractivity contribution is -0.131. The standard InChI is InChI=1S/C27H45NO3S/c1-3-4-8-20(2)15-23(29)9-10-24-25-17-21(16-22(25)18-26(24)30)19-32-14-11-27(31)28-12-6-5-7-13-28/h9-10,16,20,22-26,29-30H,3-8,11-15,17-19H2,1-2H3/b10-9+/t20-,22-,23+,24+,25-,26+/m0/s1. The summed E-state index contributed by atoms with van der Waals surface area (Å²) in [6.45, 7) is 6.32. The van der Waals surface area contributed by atoms with Crippen LogP contribution in [0.25, 0.3) is 0 Å². The van der Waals surface area contributed by atoms with Gasteiger partial charge in [0.25, 0.3) is 0 Å². The third-order valence-electron chi connectivity index (χ3n) is 7.66. The Morgan fingerprint density at radius 1 is 1.31 bits per heavy atom. The fourth-order valence-corrected chi connectivity index (χ4v) is 6.73. The van der Waals surface area contributed by atoms with E-state index in [0.29, 0.717) is 30.1 Å². The van der Waals surface area contributed by atoms with Gasteiger partial charge in [0.05, 0.1) is 12.2 Å². The lowest BCUT2D eigenvalue weighted by Gasteiger charge is -2.26. The van der Waals surface area contributed by atoms with E-state index in [4.69, 9.17) is 0 Å². The Labute approximate surface area is 199 Å². The van der Waals surface area contributed by atoms with Crippen LogP contribution in [0.3, 0.4) is 0 Å². The van der Waals surface area contributed by atoms with Crippen LogP contribution in [0.1, 0.15) is 78.1 Å². The van der Waals surface area contributed by atoms with Gasteiger partial charge in [0, 0.05) is 36.9 Å². The lowest BCUT2D eigenvalue weighted by Crippen LogP contribution is -2.35. The third-order valence-corrected chi connectivity index (χ3v) is 8.72. The summed E-state index contributed by atoms with van der Waals surface area (Å²) >= 11 is 1.88. The predicted molar refractivity (Wildman–Crippen MR) is 135 cm³/mol. The maximum Gasteiger partial charge on any atom is 0.223 e. The van der Waals surface area contributed by atoms with Crippen LogP contribution in [0, 0.1) is 23.7 Å². The topological polar surface area (TPSA) is 60.8 Å². The highest BCUT2D eigenvalue weighted by atomic mass is 32.2. The first-order valence-electron chi connectivity index (χ1n) is 13.1. The van der Waals surface area contributed by atoms with Crippen molar-refractivity contribution in [1.82, 2.24) is 4.90 Å². The average Bonchev–Trinajstić information content (AvgIpc) is 3.30. The highest BCUT2D eigenvalue weighted by Crippen LogP contribution is 2.47. The highest BCUT2D eigenvalue weighted by molar-refractivity contribution is 7.99. The minimum absolute atomic E-state index is 0.153. The molecule has 1 heterocycles. The zero-order valence-corrected chi connectivity index (χ0v) is 21.1. The van der Waals surface area contributed by atoms with Crippen molar-refractivity contribution >= 4 is 17.7 Å². The number of aliphatic hydroxyl groups excluding tert-OH is 2.